The van der Waals surface area contributed by atoms with Crippen LogP contribution in [0.15, 0.2) is 30.3 Å². The fourth-order valence-electron chi connectivity index (χ4n) is 2.22. The van der Waals surface area contributed by atoms with Gasteiger partial charge < -0.3 is 14.8 Å². The average Bonchev–Trinajstić information content (AvgIpc) is 2.61. The molecule has 1 N–H and O–H groups in total. The van der Waals surface area contributed by atoms with Gasteiger partial charge in [0, 0.05) is 5.56 Å². The zero-order valence-corrected chi connectivity index (χ0v) is 15.3. The summed E-state index contributed by atoms with van der Waals surface area (Å²) in [6.07, 6.45) is 1.81. The third-order valence-corrected chi connectivity index (χ3v) is 3.80. The third-order valence-electron chi connectivity index (χ3n) is 3.52. The Morgan fingerprint density at radius 3 is 2.65 bits per heavy atom. The minimum absolute atomic E-state index is 0.143. The van der Waals surface area contributed by atoms with E-state index in [0.29, 0.717) is 24.7 Å². The lowest BCUT2D eigenvalue weighted by Gasteiger charge is -2.15. The summed E-state index contributed by atoms with van der Waals surface area (Å²) in [5, 5.41) is 2.53. The van der Waals surface area contributed by atoms with Gasteiger partial charge in [0.05, 0.1) is 23.9 Å². The molecule has 0 aliphatic heterocycles. The molecule has 0 radical (unpaired) electrons. The normalized spacial score (nSPS) is 10.5. The molecule has 0 aromatic heterocycles. The summed E-state index contributed by atoms with van der Waals surface area (Å²) in [4.78, 5) is 12.4. The van der Waals surface area contributed by atoms with Crippen LogP contribution in [0.4, 0.5) is 14.5 Å². The summed E-state index contributed by atoms with van der Waals surface area (Å²) in [5.41, 5.74) is -0.114. The number of nitrogens with one attached hydrogen (secondary N) is 1. The van der Waals surface area contributed by atoms with E-state index >= 15 is 0 Å². The van der Waals surface area contributed by atoms with Gasteiger partial charge in [-0.3, -0.25) is 4.79 Å². The Hall–Kier alpha value is -2.34. The molecule has 1 amide bonds. The summed E-state index contributed by atoms with van der Waals surface area (Å²) in [5.74, 6) is -2.14. The molecule has 7 heteroatoms. The van der Waals surface area contributed by atoms with Crippen molar-refractivity contribution in [3.63, 3.8) is 0 Å². The van der Waals surface area contributed by atoms with Gasteiger partial charge in [0.15, 0.2) is 23.1 Å². The summed E-state index contributed by atoms with van der Waals surface area (Å²) >= 11 is 6.23. The van der Waals surface area contributed by atoms with E-state index in [4.69, 9.17) is 21.1 Å². The molecule has 0 spiro atoms. The minimum Gasteiger partial charge on any atom is -0.490 e. The highest BCUT2D eigenvalue weighted by molar-refractivity contribution is 6.32. The fraction of sp³-hybridized carbons (Fsp3) is 0.316. The number of ether oxygens (including phenoxy) is 2. The van der Waals surface area contributed by atoms with Crippen LogP contribution in [0.2, 0.25) is 5.02 Å². The number of hydrogen-bond acceptors (Lipinski definition) is 3. The number of unbranched alkanes of at least 4 members (excludes halogenated alkanes) is 1. The highest BCUT2D eigenvalue weighted by atomic mass is 35.5. The number of amides is 1. The van der Waals surface area contributed by atoms with Crippen molar-refractivity contribution in [3.05, 3.63) is 52.6 Å². The van der Waals surface area contributed by atoms with Crippen LogP contribution < -0.4 is 14.8 Å². The molecule has 0 atom stereocenters. The Labute approximate surface area is 156 Å². The third kappa shape index (κ3) is 4.85. The van der Waals surface area contributed by atoms with Crippen molar-refractivity contribution in [1.29, 1.82) is 0 Å². The van der Waals surface area contributed by atoms with Crippen molar-refractivity contribution >= 4 is 23.2 Å². The molecule has 2 rings (SSSR count). The zero-order chi connectivity index (χ0) is 19.1. The van der Waals surface area contributed by atoms with Crippen LogP contribution >= 0.6 is 11.6 Å². The molecule has 2 aromatic rings. The van der Waals surface area contributed by atoms with Crippen molar-refractivity contribution < 1.29 is 23.0 Å². The van der Waals surface area contributed by atoms with Gasteiger partial charge in [-0.15, -0.1) is 0 Å². The van der Waals surface area contributed by atoms with E-state index in [2.05, 4.69) is 5.32 Å². The first-order valence-corrected chi connectivity index (χ1v) is 8.70. The summed E-state index contributed by atoms with van der Waals surface area (Å²) in [6, 6.07) is 6.40. The molecule has 0 aliphatic rings. The van der Waals surface area contributed by atoms with Crippen LogP contribution in [0, 0.1) is 11.6 Å². The molecule has 0 fully saturated rings. The maximum atomic E-state index is 13.7. The minimum atomic E-state index is -1.13. The van der Waals surface area contributed by atoms with E-state index in [-0.39, 0.29) is 16.3 Å². The number of hydrogen-bond donors (Lipinski definition) is 1. The van der Waals surface area contributed by atoms with Gasteiger partial charge in [0.2, 0.25) is 0 Å². The smallest absolute Gasteiger partial charge is 0.255 e. The quantitative estimate of drug-likeness (QED) is 0.617. The summed E-state index contributed by atoms with van der Waals surface area (Å²) in [7, 11) is 0. The highest BCUT2D eigenvalue weighted by Gasteiger charge is 2.18. The fourth-order valence-corrected chi connectivity index (χ4v) is 2.48. The molecule has 0 saturated carbocycles. The Kier molecular flexibility index (Phi) is 7.21. The van der Waals surface area contributed by atoms with Crippen LogP contribution in [-0.2, 0) is 0 Å². The monoisotopic (exact) mass is 383 g/mol. The van der Waals surface area contributed by atoms with Gasteiger partial charge >= 0.3 is 0 Å². The van der Waals surface area contributed by atoms with E-state index in [9.17, 15) is 13.6 Å². The number of benzene rings is 2. The molecule has 140 valence electrons. The van der Waals surface area contributed by atoms with E-state index in [1.807, 2.05) is 6.92 Å². The molecule has 0 bridgehead atoms. The Balaban J connectivity index is 2.28. The van der Waals surface area contributed by atoms with Crippen molar-refractivity contribution in [2.75, 3.05) is 18.5 Å². The van der Waals surface area contributed by atoms with Crippen molar-refractivity contribution in [2.45, 2.75) is 26.7 Å². The highest BCUT2D eigenvalue weighted by Crippen LogP contribution is 2.37. The van der Waals surface area contributed by atoms with Crippen LogP contribution in [0.1, 0.15) is 37.0 Å². The predicted octanol–water partition coefficient (Wildman–Crippen LogP) is 5.45. The first-order chi connectivity index (χ1) is 12.5. The molecule has 0 saturated heterocycles. The molecular formula is C19H20ClF2NO3. The molecule has 2 aromatic carbocycles. The maximum absolute atomic E-state index is 13.7. The number of anilines is 1. The zero-order valence-electron chi connectivity index (χ0n) is 14.6. The lowest BCUT2D eigenvalue weighted by atomic mass is 10.1. The van der Waals surface area contributed by atoms with E-state index in [1.165, 1.54) is 24.3 Å². The molecular weight excluding hydrogens is 364 g/mol. The topological polar surface area (TPSA) is 47.6 Å². The molecule has 26 heavy (non-hydrogen) atoms. The Bertz CT molecular complexity index is 784. The summed E-state index contributed by atoms with van der Waals surface area (Å²) in [6.45, 7) is 4.65. The van der Waals surface area contributed by atoms with Crippen molar-refractivity contribution in [1.82, 2.24) is 0 Å². The predicted molar refractivity (Wildman–Crippen MR) is 97.3 cm³/mol. The van der Waals surface area contributed by atoms with Crippen LogP contribution in [0.3, 0.4) is 0 Å². The van der Waals surface area contributed by atoms with Crippen LogP contribution in [-0.4, -0.2) is 19.1 Å². The second-order valence-electron chi connectivity index (χ2n) is 5.48. The second-order valence-corrected chi connectivity index (χ2v) is 5.88. The van der Waals surface area contributed by atoms with Crippen molar-refractivity contribution in [3.8, 4) is 11.5 Å². The first-order valence-electron chi connectivity index (χ1n) is 8.32. The lowest BCUT2D eigenvalue weighted by Crippen LogP contribution is -2.14. The van der Waals surface area contributed by atoms with Gasteiger partial charge in [0.1, 0.15) is 0 Å². The van der Waals surface area contributed by atoms with Gasteiger partial charge in [-0.05, 0) is 37.6 Å². The van der Waals surface area contributed by atoms with E-state index in [0.717, 1.165) is 18.9 Å². The van der Waals surface area contributed by atoms with E-state index in [1.54, 1.807) is 6.92 Å². The second kappa shape index (κ2) is 9.38. The van der Waals surface area contributed by atoms with Gasteiger partial charge in [-0.1, -0.05) is 31.0 Å². The maximum Gasteiger partial charge on any atom is 0.255 e. The Morgan fingerprint density at radius 1 is 1.19 bits per heavy atom. The molecule has 4 nitrogen and oxygen atoms in total. The molecule has 0 aliphatic carbocycles. The van der Waals surface area contributed by atoms with Gasteiger partial charge in [-0.25, -0.2) is 8.78 Å². The lowest BCUT2D eigenvalue weighted by molar-refractivity contribution is 0.102. The standard InChI is InChI=1S/C19H20ClF2NO3/c1-3-5-9-26-18-13(20)10-12(11-16(18)25-4-2)19(24)23-15-8-6-7-14(21)17(15)22/h6-8,10-11H,3-5,9H2,1-2H3,(H,23,24). The number of carbonyl (C=O) groups excluding carboxylic acids is 1. The van der Waals surface area contributed by atoms with Gasteiger partial charge in [0.25, 0.3) is 5.91 Å². The van der Waals surface area contributed by atoms with Crippen LogP contribution in [0.5, 0.6) is 11.5 Å². The number of rotatable bonds is 8. The van der Waals surface area contributed by atoms with E-state index < -0.39 is 17.5 Å². The first kappa shape index (κ1) is 20.0. The average molecular weight is 384 g/mol. The number of halogens is 3. The largest absolute Gasteiger partial charge is 0.490 e. The van der Waals surface area contributed by atoms with Crippen molar-refractivity contribution in [2.24, 2.45) is 0 Å². The van der Waals surface area contributed by atoms with Crippen LogP contribution in [0.25, 0.3) is 0 Å². The Morgan fingerprint density at radius 2 is 1.96 bits per heavy atom. The number of carbonyl (C=O) groups is 1. The van der Waals surface area contributed by atoms with Gasteiger partial charge in [-0.2, -0.15) is 0 Å². The molecule has 0 heterocycles. The molecule has 0 unspecified atom stereocenters. The summed E-state index contributed by atoms with van der Waals surface area (Å²) < 4.78 is 38.2. The SMILES string of the molecule is CCCCOc1c(Cl)cc(C(=O)Nc2cccc(F)c2F)cc1OCC.